The smallest absolute Gasteiger partial charge is 0.123 e. The quantitative estimate of drug-likeness (QED) is 0.937. The molecule has 0 saturated heterocycles. The van der Waals surface area contributed by atoms with Gasteiger partial charge in [-0.25, -0.2) is 9.07 Å². The van der Waals surface area contributed by atoms with Crippen LogP contribution in [-0.4, -0.2) is 16.3 Å². The Kier molecular flexibility index (Phi) is 4.14. The van der Waals surface area contributed by atoms with E-state index in [1.54, 1.807) is 23.0 Å². The maximum Gasteiger partial charge on any atom is 0.123 e. The van der Waals surface area contributed by atoms with Crippen LogP contribution in [0.2, 0.25) is 0 Å². The number of hydrogen-bond donors (Lipinski definition) is 1. The van der Waals surface area contributed by atoms with Crippen molar-refractivity contribution >= 4 is 15.9 Å². The van der Waals surface area contributed by atoms with Gasteiger partial charge in [-0.1, -0.05) is 6.92 Å². The van der Waals surface area contributed by atoms with Crippen LogP contribution in [0.5, 0.6) is 0 Å². The molecule has 18 heavy (non-hydrogen) atoms. The lowest BCUT2D eigenvalue weighted by Gasteiger charge is -2.17. The zero-order chi connectivity index (χ0) is 13.1. The summed E-state index contributed by atoms with van der Waals surface area (Å²) < 4.78 is 16.0. The third kappa shape index (κ3) is 2.79. The first-order chi connectivity index (χ1) is 8.61. The molecular formula is C13H15BrFN3. The van der Waals surface area contributed by atoms with Gasteiger partial charge in [0.15, 0.2) is 0 Å². The number of benzene rings is 1. The second-order valence-corrected chi connectivity index (χ2v) is 5.00. The Morgan fingerprint density at radius 2 is 2.28 bits per heavy atom. The Hall–Kier alpha value is -1.20. The van der Waals surface area contributed by atoms with Crippen molar-refractivity contribution < 1.29 is 4.39 Å². The highest BCUT2D eigenvalue weighted by Gasteiger charge is 2.13. The van der Waals surface area contributed by atoms with E-state index in [4.69, 9.17) is 0 Å². The standard InChI is InChI=1S/C13H15BrFN3/c1-3-16-9(2)12-6-11(15)4-5-13(12)18-8-10(14)7-17-18/h4-9,16H,3H2,1-2H3. The van der Waals surface area contributed by atoms with Crippen LogP contribution in [0.3, 0.4) is 0 Å². The molecule has 1 unspecified atom stereocenters. The molecule has 0 radical (unpaired) electrons. The fourth-order valence-corrected chi connectivity index (χ4v) is 2.22. The van der Waals surface area contributed by atoms with Gasteiger partial charge in [0.25, 0.3) is 0 Å². The average Bonchev–Trinajstić information content (AvgIpc) is 2.76. The first-order valence-electron chi connectivity index (χ1n) is 5.85. The van der Waals surface area contributed by atoms with Crippen LogP contribution in [0.1, 0.15) is 25.5 Å². The molecular weight excluding hydrogens is 297 g/mol. The molecule has 0 aliphatic rings. The molecule has 5 heteroatoms. The van der Waals surface area contributed by atoms with Gasteiger partial charge >= 0.3 is 0 Å². The second-order valence-electron chi connectivity index (χ2n) is 4.09. The minimum atomic E-state index is -0.232. The molecule has 3 nitrogen and oxygen atoms in total. The summed E-state index contributed by atoms with van der Waals surface area (Å²) in [5.41, 5.74) is 1.78. The predicted octanol–water partition coefficient (Wildman–Crippen LogP) is 3.44. The van der Waals surface area contributed by atoms with Crippen LogP contribution in [0, 0.1) is 5.82 Å². The van der Waals surface area contributed by atoms with Gasteiger partial charge in [-0.15, -0.1) is 0 Å². The number of rotatable bonds is 4. The maximum absolute atomic E-state index is 13.4. The van der Waals surface area contributed by atoms with Crippen LogP contribution in [0.4, 0.5) is 4.39 Å². The average molecular weight is 312 g/mol. The summed E-state index contributed by atoms with van der Waals surface area (Å²) in [6.45, 7) is 4.88. The van der Waals surface area contributed by atoms with Crippen molar-refractivity contribution in [3.63, 3.8) is 0 Å². The highest BCUT2D eigenvalue weighted by Crippen LogP contribution is 2.23. The third-order valence-corrected chi connectivity index (χ3v) is 3.17. The minimum Gasteiger partial charge on any atom is -0.310 e. The monoisotopic (exact) mass is 311 g/mol. The topological polar surface area (TPSA) is 29.9 Å². The van der Waals surface area contributed by atoms with Gasteiger partial charge in [0, 0.05) is 12.2 Å². The van der Waals surface area contributed by atoms with Crippen LogP contribution >= 0.6 is 15.9 Å². The number of hydrogen-bond acceptors (Lipinski definition) is 2. The summed E-state index contributed by atoms with van der Waals surface area (Å²) in [4.78, 5) is 0. The highest BCUT2D eigenvalue weighted by atomic mass is 79.9. The SMILES string of the molecule is CCNC(C)c1cc(F)ccc1-n1cc(Br)cn1. The number of nitrogens with zero attached hydrogens (tertiary/aromatic N) is 2. The van der Waals surface area contributed by atoms with Gasteiger partial charge in [-0.2, -0.15) is 5.10 Å². The molecule has 2 rings (SSSR count). The first kappa shape index (κ1) is 13.2. The largest absolute Gasteiger partial charge is 0.310 e. The Balaban J connectivity index is 2.46. The molecule has 0 spiro atoms. The predicted molar refractivity (Wildman–Crippen MR) is 73.3 cm³/mol. The normalized spacial score (nSPS) is 12.7. The number of nitrogens with one attached hydrogen (secondary N) is 1. The molecule has 0 amide bonds. The molecule has 96 valence electrons. The zero-order valence-corrected chi connectivity index (χ0v) is 11.9. The maximum atomic E-state index is 13.4. The van der Waals surface area contributed by atoms with Gasteiger partial charge in [-0.05, 0) is 53.2 Å². The Bertz CT molecular complexity index is 539. The van der Waals surface area contributed by atoms with Crippen molar-refractivity contribution in [2.45, 2.75) is 19.9 Å². The van der Waals surface area contributed by atoms with Crippen molar-refractivity contribution in [1.82, 2.24) is 15.1 Å². The molecule has 1 aromatic heterocycles. The van der Waals surface area contributed by atoms with Crippen molar-refractivity contribution in [2.24, 2.45) is 0 Å². The summed E-state index contributed by atoms with van der Waals surface area (Å²) in [6.07, 6.45) is 3.57. The molecule has 0 bridgehead atoms. The molecule has 2 aromatic rings. The fraction of sp³-hybridized carbons (Fsp3) is 0.308. The molecule has 0 aliphatic heterocycles. The minimum absolute atomic E-state index is 0.0728. The van der Waals surface area contributed by atoms with Crippen molar-refractivity contribution in [1.29, 1.82) is 0 Å². The summed E-state index contributed by atoms with van der Waals surface area (Å²) in [7, 11) is 0. The summed E-state index contributed by atoms with van der Waals surface area (Å²) in [6, 6.07) is 4.83. The molecule has 1 aromatic carbocycles. The number of halogens is 2. The molecule has 1 N–H and O–H groups in total. The summed E-state index contributed by atoms with van der Waals surface area (Å²) in [5, 5.41) is 7.52. The van der Waals surface area contributed by atoms with Gasteiger partial charge in [-0.3, -0.25) is 0 Å². The lowest BCUT2D eigenvalue weighted by molar-refractivity contribution is 0.578. The molecule has 0 fully saturated rings. The lowest BCUT2D eigenvalue weighted by atomic mass is 10.1. The summed E-state index contributed by atoms with van der Waals surface area (Å²) in [5.74, 6) is -0.232. The van der Waals surface area contributed by atoms with Crippen LogP contribution < -0.4 is 5.32 Å². The van der Waals surface area contributed by atoms with E-state index < -0.39 is 0 Å². The van der Waals surface area contributed by atoms with Gasteiger partial charge in [0.05, 0.1) is 16.4 Å². The van der Waals surface area contributed by atoms with Crippen LogP contribution in [0.25, 0.3) is 5.69 Å². The van der Waals surface area contributed by atoms with Crippen LogP contribution in [0.15, 0.2) is 35.1 Å². The Labute approximate surface area is 114 Å². The van der Waals surface area contributed by atoms with E-state index in [0.29, 0.717) is 0 Å². The highest BCUT2D eigenvalue weighted by molar-refractivity contribution is 9.10. The molecule has 0 saturated carbocycles. The fourth-order valence-electron chi connectivity index (χ4n) is 1.93. The van der Waals surface area contributed by atoms with E-state index in [2.05, 4.69) is 26.3 Å². The van der Waals surface area contributed by atoms with E-state index >= 15 is 0 Å². The molecule has 0 aliphatic carbocycles. The lowest BCUT2D eigenvalue weighted by Crippen LogP contribution is -2.19. The van der Waals surface area contributed by atoms with Crippen molar-refractivity contribution in [2.75, 3.05) is 6.54 Å². The van der Waals surface area contributed by atoms with E-state index in [9.17, 15) is 4.39 Å². The zero-order valence-electron chi connectivity index (χ0n) is 10.3. The Morgan fingerprint density at radius 3 is 2.89 bits per heavy atom. The van der Waals surface area contributed by atoms with Gasteiger partial charge in [0.1, 0.15) is 5.82 Å². The first-order valence-corrected chi connectivity index (χ1v) is 6.64. The van der Waals surface area contributed by atoms with Crippen molar-refractivity contribution in [3.05, 3.63) is 46.4 Å². The van der Waals surface area contributed by atoms with Crippen LogP contribution in [-0.2, 0) is 0 Å². The van der Waals surface area contributed by atoms with Crippen molar-refractivity contribution in [3.8, 4) is 5.69 Å². The molecule has 1 atom stereocenters. The second kappa shape index (κ2) is 5.63. The van der Waals surface area contributed by atoms with E-state index in [1.165, 1.54) is 6.07 Å². The van der Waals surface area contributed by atoms with Gasteiger partial charge < -0.3 is 5.32 Å². The Morgan fingerprint density at radius 1 is 1.50 bits per heavy atom. The van der Waals surface area contributed by atoms with E-state index in [0.717, 1.165) is 22.3 Å². The van der Waals surface area contributed by atoms with Gasteiger partial charge in [0.2, 0.25) is 0 Å². The molecule has 1 heterocycles. The number of aromatic nitrogens is 2. The van der Waals surface area contributed by atoms with E-state index in [-0.39, 0.29) is 11.9 Å². The van der Waals surface area contributed by atoms with E-state index in [1.807, 2.05) is 20.0 Å². The summed E-state index contributed by atoms with van der Waals surface area (Å²) >= 11 is 3.36. The third-order valence-electron chi connectivity index (χ3n) is 2.76.